The number of nitrogens with zero attached hydrogens (tertiary/aromatic N) is 2. The standard InChI is InChI=1S/C13H20N2O6/c1-8(17)4-15-9(7-16)3-11(18)13(21)10(15)5-14(2)6-12(19)20/h3,8,16-17,21H,4-7H2,1-2H3,(H,19,20). The molecular weight excluding hydrogens is 280 g/mol. The molecule has 1 atom stereocenters. The minimum absolute atomic E-state index is 0.00602. The molecule has 4 N–H and O–H groups in total. The number of hydrogen-bond acceptors (Lipinski definition) is 6. The number of aromatic nitrogens is 1. The SMILES string of the molecule is CC(O)Cn1c(CO)cc(=O)c(O)c1CN(C)CC(=O)O. The molecule has 1 aromatic heterocycles. The third kappa shape index (κ3) is 4.55. The summed E-state index contributed by atoms with van der Waals surface area (Å²) in [6.45, 7) is 0.887. The Labute approximate surface area is 121 Å². The minimum Gasteiger partial charge on any atom is -0.503 e. The molecule has 0 fully saturated rings. The van der Waals surface area contributed by atoms with Crippen LogP contribution in [-0.4, -0.2) is 55.6 Å². The molecule has 0 aliphatic rings. The maximum absolute atomic E-state index is 11.7. The molecule has 0 saturated heterocycles. The van der Waals surface area contributed by atoms with Crippen LogP contribution in [0.25, 0.3) is 0 Å². The molecule has 1 unspecified atom stereocenters. The van der Waals surface area contributed by atoms with E-state index in [1.165, 1.54) is 23.4 Å². The average Bonchev–Trinajstić information content (AvgIpc) is 2.36. The van der Waals surface area contributed by atoms with Gasteiger partial charge < -0.3 is 25.0 Å². The van der Waals surface area contributed by atoms with E-state index in [0.29, 0.717) is 0 Å². The van der Waals surface area contributed by atoms with E-state index in [9.17, 15) is 24.9 Å². The van der Waals surface area contributed by atoms with Crippen molar-refractivity contribution in [2.75, 3.05) is 13.6 Å². The van der Waals surface area contributed by atoms with Crippen LogP contribution in [0.2, 0.25) is 0 Å². The van der Waals surface area contributed by atoms with Crippen LogP contribution >= 0.6 is 0 Å². The Balaban J connectivity index is 3.28. The molecule has 0 spiro atoms. The Morgan fingerprint density at radius 3 is 2.57 bits per heavy atom. The fourth-order valence-corrected chi connectivity index (χ4v) is 2.07. The second-order valence-electron chi connectivity index (χ2n) is 4.98. The molecule has 0 bridgehead atoms. The van der Waals surface area contributed by atoms with Gasteiger partial charge in [0.25, 0.3) is 0 Å². The first kappa shape index (κ1) is 17.2. The van der Waals surface area contributed by atoms with Gasteiger partial charge in [0.15, 0.2) is 5.75 Å². The highest BCUT2D eigenvalue weighted by Crippen LogP contribution is 2.17. The monoisotopic (exact) mass is 300 g/mol. The van der Waals surface area contributed by atoms with Crippen molar-refractivity contribution < 1.29 is 25.2 Å². The molecule has 21 heavy (non-hydrogen) atoms. The second kappa shape index (κ2) is 7.21. The highest BCUT2D eigenvalue weighted by atomic mass is 16.4. The average molecular weight is 300 g/mol. The molecule has 0 aromatic carbocycles. The largest absolute Gasteiger partial charge is 0.503 e. The van der Waals surface area contributed by atoms with Crippen molar-refractivity contribution in [3.05, 3.63) is 27.7 Å². The summed E-state index contributed by atoms with van der Waals surface area (Å²) in [7, 11) is 1.52. The Morgan fingerprint density at radius 2 is 2.10 bits per heavy atom. The van der Waals surface area contributed by atoms with E-state index >= 15 is 0 Å². The maximum Gasteiger partial charge on any atom is 0.317 e. The lowest BCUT2D eigenvalue weighted by molar-refractivity contribution is -0.138. The summed E-state index contributed by atoms with van der Waals surface area (Å²) < 4.78 is 1.43. The lowest BCUT2D eigenvalue weighted by Gasteiger charge is -2.23. The molecular formula is C13H20N2O6. The molecule has 0 aliphatic carbocycles. The lowest BCUT2D eigenvalue weighted by Crippen LogP contribution is -2.30. The summed E-state index contributed by atoms with van der Waals surface area (Å²) in [5.74, 6) is -1.55. The molecule has 1 heterocycles. The van der Waals surface area contributed by atoms with Crippen molar-refractivity contribution in [2.24, 2.45) is 0 Å². The van der Waals surface area contributed by atoms with Gasteiger partial charge in [-0.2, -0.15) is 0 Å². The first-order valence-electron chi connectivity index (χ1n) is 6.40. The van der Waals surface area contributed by atoms with E-state index in [0.717, 1.165) is 6.07 Å². The van der Waals surface area contributed by atoms with Gasteiger partial charge in [-0.25, -0.2) is 0 Å². The number of carboxylic acids is 1. The normalized spacial score (nSPS) is 12.6. The summed E-state index contributed by atoms with van der Waals surface area (Å²) in [5.41, 5.74) is -0.242. The van der Waals surface area contributed by atoms with Gasteiger partial charge in [0.05, 0.1) is 24.9 Å². The maximum atomic E-state index is 11.7. The van der Waals surface area contributed by atoms with Crippen LogP contribution in [0.3, 0.4) is 0 Å². The number of aliphatic hydroxyl groups is 2. The smallest absolute Gasteiger partial charge is 0.317 e. The number of aromatic hydroxyl groups is 1. The van der Waals surface area contributed by atoms with Gasteiger partial charge in [-0.3, -0.25) is 14.5 Å². The van der Waals surface area contributed by atoms with Crippen molar-refractivity contribution in [3.63, 3.8) is 0 Å². The Bertz CT molecular complexity index is 567. The Morgan fingerprint density at radius 1 is 1.48 bits per heavy atom. The number of aliphatic carboxylic acids is 1. The fourth-order valence-electron chi connectivity index (χ4n) is 2.07. The van der Waals surface area contributed by atoms with E-state index in [-0.39, 0.29) is 31.0 Å². The molecule has 118 valence electrons. The first-order valence-corrected chi connectivity index (χ1v) is 6.40. The van der Waals surface area contributed by atoms with Gasteiger partial charge in [0.1, 0.15) is 0 Å². The number of pyridine rings is 1. The third-order valence-corrected chi connectivity index (χ3v) is 2.91. The van der Waals surface area contributed by atoms with Crippen LogP contribution in [0.1, 0.15) is 18.3 Å². The Kier molecular flexibility index (Phi) is 5.89. The lowest BCUT2D eigenvalue weighted by atomic mass is 10.2. The topological polar surface area (TPSA) is 123 Å². The van der Waals surface area contributed by atoms with Gasteiger partial charge in [-0.1, -0.05) is 0 Å². The predicted molar refractivity (Wildman–Crippen MR) is 73.9 cm³/mol. The molecule has 0 radical (unpaired) electrons. The van der Waals surface area contributed by atoms with Gasteiger partial charge in [-0.05, 0) is 14.0 Å². The number of hydrogen-bond donors (Lipinski definition) is 4. The summed E-state index contributed by atoms with van der Waals surface area (Å²) in [5, 5.41) is 37.5. The highest BCUT2D eigenvalue weighted by Gasteiger charge is 2.18. The minimum atomic E-state index is -1.04. The Hall–Kier alpha value is -1.90. The molecule has 0 aliphatic heterocycles. The van der Waals surface area contributed by atoms with E-state index in [2.05, 4.69) is 0 Å². The number of rotatable bonds is 7. The van der Waals surface area contributed by atoms with Crippen molar-refractivity contribution in [1.82, 2.24) is 9.47 Å². The van der Waals surface area contributed by atoms with Crippen LogP contribution < -0.4 is 5.43 Å². The fraction of sp³-hybridized carbons (Fsp3) is 0.538. The summed E-state index contributed by atoms with van der Waals surface area (Å²) in [6.07, 6.45) is -0.763. The van der Waals surface area contributed by atoms with Gasteiger partial charge >= 0.3 is 5.97 Å². The zero-order valence-electron chi connectivity index (χ0n) is 12.0. The van der Waals surface area contributed by atoms with Crippen molar-refractivity contribution in [2.45, 2.75) is 32.7 Å². The quantitative estimate of drug-likeness (QED) is 0.506. The third-order valence-electron chi connectivity index (χ3n) is 2.91. The predicted octanol–water partition coefficient (Wildman–Crippen LogP) is -1.06. The summed E-state index contributed by atoms with van der Waals surface area (Å²) in [4.78, 5) is 23.8. The van der Waals surface area contributed by atoms with Crippen molar-refractivity contribution in [1.29, 1.82) is 0 Å². The van der Waals surface area contributed by atoms with Gasteiger partial charge in [0.2, 0.25) is 5.43 Å². The van der Waals surface area contributed by atoms with Crippen LogP contribution in [0.5, 0.6) is 5.75 Å². The highest BCUT2D eigenvalue weighted by molar-refractivity contribution is 5.69. The van der Waals surface area contributed by atoms with Crippen molar-refractivity contribution in [3.8, 4) is 5.75 Å². The van der Waals surface area contributed by atoms with Crippen LogP contribution in [0.4, 0.5) is 0 Å². The van der Waals surface area contributed by atoms with Gasteiger partial charge in [-0.15, -0.1) is 0 Å². The van der Waals surface area contributed by atoms with Crippen LogP contribution in [0, 0.1) is 0 Å². The number of carboxylic acid groups (broad SMARTS) is 1. The summed E-state index contributed by atoms with van der Waals surface area (Å²) in [6, 6.07) is 1.10. The van der Waals surface area contributed by atoms with Crippen molar-refractivity contribution >= 4 is 5.97 Å². The van der Waals surface area contributed by atoms with E-state index in [1.807, 2.05) is 0 Å². The zero-order valence-corrected chi connectivity index (χ0v) is 12.0. The first-order chi connectivity index (χ1) is 9.76. The zero-order chi connectivity index (χ0) is 16.2. The second-order valence-corrected chi connectivity index (χ2v) is 4.98. The van der Waals surface area contributed by atoms with E-state index < -0.39 is 29.9 Å². The molecule has 8 nitrogen and oxygen atoms in total. The number of carbonyl (C=O) groups is 1. The number of aliphatic hydroxyl groups excluding tert-OH is 2. The molecule has 1 rings (SSSR count). The van der Waals surface area contributed by atoms with E-state index in [4.69, 9.17) is 5.11 Å². The summed E-state index contributed by atoms with van der Waals surface area (Å²) >= 11 is 0. The molecule has 8 heteroatoms. The molecule has 0 saturated carbocycles. The van der Waals surface area contributed by atoms with Crippen LogP contribution in [0.15, 0.2) is 10.9 Å². The molecule has 0 amide bonds. The molecule has 1 aromatic rings. The van der Waals surface area contributed by atoms with E-state index in [1.54, 1.807) is 0 Å². The van der Waals surface area contributed by atoms with Crippen LogP contribution in [-0.2, 0) is 24.5 Å². The van der Waals surface area contributed by atoms with Gasteiger partial charge in [0, 0.05) is 24.8 Å². The number of likely N-dealkylation sites (N-methyl/N-ethyl adjacent to an activating group) is 1.